The quantitative estimate of drug-likeness (QED) is 0.358. The average Bonchev–Trinajstić information content (AvgIpc) is 2.44. The lowest BCUT2D eigenvalue weighted by atomic mass is 10.2. The highest BCUT2D eigenvalue weighted by Gasteiger charge is 2.42. The molecule has 0 radical (unpaired) electrons. The number of rotatable bonds is 4. The summed E-state index contributed by atoms with van der Waals surface area (Å²) in [5, 5.41) is 0. The van der Waals surface area contributed by atoms with Crippen molar-refractivity contribution in [2.45, 2.75) is 13.3 Å². The van der Waals surface area contributed by atoms with Gasteiger partial charge in [-0.05, 0) is 6.42 Å². The van der Waals surface area contributed by atoms with Gasteiger partial charge in [-0.2, -0.15) is 9.13 Å². The molecule has 134 valence electrons. The van der Waals surface area contributed by atoms with Crippen LogP contribution in [-0.2, 0) is 15.6 Å². The Hall–Kier alpha value is -0.960. The van der Waals surface area contributed by atoms with E-state index in [-0.39, 0.29) is 41.9 Å². The van der Waals surface area contributed by atoms with Crippen LogP contribution in [0.25, 0.3) is 11.4 Å². The predicted molar refractivity (Wildman–Crippen MR) is 72.1 cm³/mol. The van der Waals surface area contributed by atoms with Gasteiger partial charge in [0.05, 0.1) is 12.4 Å². The molecule has 0 spiro atoms. The summed E-state index contributed by atoms with van der Waals surface area (Å²) in [7, 11) is -9.49. The maximum atomic E-state index is 11.7. The number of halogens is 2. The second-order valence-electron chi connectivity index (χ2n) is 4.25. The first-order chi connectivity index (χ1) is 10.2. The lowest BCUT2D eigenvalue weighted by molar-refractivity contribution is -0.561. The van der Waals surface area contributed by atoms with E-state index in [0.29, 0.717) is 15.1 Å². The Morgan fingerprint density at radius 2 is 1.54 bits per heavy atom. The Bertz CT molecular complexity index is 812. The summed E-state index contributed by atoms with van der Waals surface area (Å²) >= 11 is 0. The Morgan fingerprint density at radius 3 is 2.04 bits per heavy atom. The topological polar surface area (TPSA) is 149 Å². The van der Waals surface area contributed by atoms with Gasteiger partial charge in [0.1, 0.15) is 11.9 Å². The molecule has 2 aromatic rings. The van der Waals surface area contributed by atoms with Crippen LogP contribution in [-0.4, -0.2) is 29.5 Å². The maximum absolute atomic E-state index is 11.7. The van der Waals surface area contributed by atoms with Crippen LogP contribution in [0, 0.1) is 0 Å². The average molecular weight is 419 g/mol. The van der Waals surface area contributed by atoms with E-state index in [1.165, 1.54) is 6.20 Å². The summed E-state index contributed by atoms with van der Waals surface area (Å²) < 4.78 is 24.5. The fourth-order valence-corrected chi connectivity index (χ4v) is 3.32. The van der Waals surface area contributed by atoms with Gasteiger partial charge in [0, 0.05) is 0 Å². The van der Waals surface area contributed by atoms with Crippen LogP contribution >= 0.6 is 15.5 Å². The highest BCUT2D eigenvalue weighted by molar-refractivity contribution is 7.44. The molecule has 0 saturated heterocycles. The molecule has 10 nitrogen and oxygen atoms in total. The van der Waals surface area contributed by atoms with Gasteiger partial charge >= 0.3 is 26.9 Å². The summed E-state index contributed by atoms with van der Waals surface area (Å²) in [6, 6.07) is 0. The second kappa shape index (κ2) is 8.42. The minimum absolute atomic E-state index is 0. The molecule has 0 aromatic carbocycles. The van der Waals surface area contributed by atoms with Crippen LogP contribution in [0.3, 0.4) is 0 Å². The lowest BCUT2D eigenvalue weighted by Gasteiger charge is -2.07. The third-order valence-corrected chi connectivity index (χ3v) is 4.62. The van der Waals surface area contributed by atoms with E-state index in [2.05, 4.69) is 9.97 Å². The smallest absolute Gasteiger partial charge is 0.608 e. The Labute approximate surface area is 149 Å². The third kappa shape index (κ3) is 4.78. The number of hydrogen-bond donors (Lipinski definition) is 4. The van der Waals surface area contributed by atoms with Crippen molar-refractivity contribution in [3.05, 3.63) is 36.7 Å². The second-order valence-corrected chi connectivity index (χ2v) is 7.17. The first kappa shape index (κ1) is 23.0. The SMILES string of the molecule is CCc1ncc[n+](P(=O)(O)O)c1-c1cncc[n+]1P(=O)(O)O.[Cl-].[Cl-]. The Morgan fingerprint density at radius 1 is 1.00 bits per heavy atom. The monoisotopic (exact) mass is 418 g/mol. The van der Waals surface area contributed by atoms with Gasteiger partial charge < -0.3 is 24.8 Å². The molecule has 2 rings (SSSR count). The highest BCUT2D eigenvalue weighted by atomic mass is 35.5. The van der Waals surface area contributed by atoms with Gasteiger partial charge in [0.15, 0.2) is 12.4 Å². The molecule has 24 heavy (non-hydrogen) atoms. The van der Waals surface area contributed by atoms with Crippen LogP contribution < -0.4 is 33.5 Å². The van der Waals surface area contributed by atoms with Crippen molar-refractivity contribution in [3.63, 3.8) is 0 Å². The summed E-state index contributed by atoms with van der Waals surface area (Å²) in [6.07, 6.45) is 5.86. The van der Waals surface area contributed by atoms with Gasteiger partial charge in [-0.3, -0.25) is 24.6 Å². The molecule has 0 aliphatic rings. The first-order valence-electron chi connectivity index (χ1n) is 6.04. The molecule has 14 heteroatoms. The number of hydrogen-bond acceptors (Lipinski definition) is 4. The highest BCUT2D eigenvalue weighted by Crippen LogP contribution is 2.34. The molecular formula is C10H14Cl2N4O6P2. The maximum Gasteiger partial charge on any atom is 0.608 e. The molecule has 0 atom stereocenters. The van der Waals surface area contributed by atoms with Crippen LogP contribution in [0.2, 0.25) is 0 Å². The van der Waals surface area contributed by atoms with Gasteiger partial charge in [0.25, 0.3) is 0 Å². The van der Waals surface area contributed by atoms with Crippen molar-refractivity contribution >= 4 is 15.5 Å². The van der Waals surface area contributed by atoms with E-state index in [1.807, 2.05) is 0 Å². The molecule has 0 fully saturated rings. The summed E-state index contributed by atoms with van der Waals surface area (Å²) in [5.74, 6) is 0. The number of nitrogens with zero attached hydrogens (tertiary/aromatic N) is 4. The molecule has 0 bridgehead atoms. The summed E-state index contributed by atoms with van der Waals surface area (Å²) in [4.78, 5) is 45.5. The fraction of sp³-hybridized carbons (Fsp3) is 0.200. The van der Waals surface area contributed by atoms with Crippen LogP contribution in [0.5, 0.6) is 0 Å². The fourth-order valence-electron chi connectivity index (χ4n) is 1.95. The third-order valence-electron chi connectivity index (χ3n) is 2.82. The lowest BCUT2D eigenvalue weighted by Crippen LogP contribution is -3.00. The minimum atomic E-state index is -4.75. The number of aryl methyl sites for hydroxylation is 1. The van der Waals surface area contributed by atoms with Gasteiger partial charge in [-0.25, -0.2) is 4.98 Å². The van der Waals surface area contributed by atoms with E-state index in [9.17, 15) is 28.7 Å². The zero-order valence-corrected chi connectivity index (χ0v) is 15.4. The minimum Gasteiger partial charge on any atom is -1.00 e. The van der Waals surface area contributed by atoms with Crippen molar-refractivity contribution in [1.29, 1.82) is 0 Å². The van der Waals surface area contributed by atoms with E-state index in [1.54, 1.807) is 6.92 Å². The van der Waals surface area contributed by atoms with Crippen molar-refractivity contribution in [1.82, 2.24) is 9.97 Å². The molecule has 0 aliphatic heterocycles. The van der Waals surface area contributed by atoms with Crippen LogP contribution in [0.4, 0.5) is 0 Å². The largest absolute Gasteiger partial charge is 1.00 e. The van der Waals surface area contributed by atoms with E-state index in [0.717, 1.165) is 24.8 Å². The standard InChI is InChI=1S/C10H12N4O6P2.2ClH/c1-2-8-10(14(6-4-12-8)22(18,19)20)9-7-11-3-5-13(9)21(15,16)17;;/h3-7H,2H2,1H3,(H2-2,15,16,17,18,19,20);2*1H. The first-order valence-corrected chi connectivity index (χ1v) is 9.17. The normalized spacial score (nSPS) is 11.4. The van der Waals surface area contributed by atoms with Gasteiger partial charge in [-0.15, -0.1) is 4.34 Å². The molecule has 0 saturated carbocycles. The van der Waals surface area contributed by atoms with Crippen LogP contribution in [0.15, 0.2) is 31.0 Å². The summed E-state index contributed by atoms with van der Waals surface area (Å²) in [6.45, 7) is 1.70. The van der Waals surface area contributed by atoms with Gasteiger partial charge in [0.2, 0.25) is 0 Å². The zero-order chi connectivity index (χ0) is 16.5. The van der Waals surface area contributed by atoms with E-state index >= 15 is 0 Å². The molecule has 0 unspecified atom stereocenters. The van der Waals surface area contributed by atoms with Crippen molar-refractivity contribution in [2.75, 3.05) is 0 Å². The molecule has 4 N–H and O–H groups in total. The van der Waals surface area contributed by atoms with Crippen molar-refractivity contribution < 1.29 is 62.2 Å². The van der Waals surface area contributed by atoms with E-state index < -0.39 is 15.5 Å². The van der Waals surface area contributed by atoms with Crippen molar-refractivity contribution in [2.24, 2.45) is 0 Å². The number of aromatic nitrogens is 4. The van der Waals surface area contributed by atoms with E-state index in [4.69, 9.17) is 0 Å². The summed E-state index contributed by atoms with van der Waals surface area (Å²) in [5.41, 5.74) is 0.0138. The molecule has 0 amide bonds. The Balaban J connectivity index is 0.00000264. The predicted octanol–water partition coefficient (Wildman–Crippen LogP) is -6.83. The zero-order valence-electron chi connectivity index (χ0n) is 12.1. The molecule has 0 aliphatic carbocycles. The Kier molecular flexibility index (Phi) is 8.08. The molecule has 2 heterocycles. The van der Waals surface area contributed by atoms with Crippen LogP contribution in [0.1, 0.15) is 12.6 Å². The molecular weight excluding hydrogens is 405 g/mol. The molecule has 2 aromatic heterocycles. The van der Waals surface area contributed by atoms with Gasteiger partial charge in [-0.1, -0.05) is 11.3 Å². The van der Waals surface area contributed by atoms with Crippen molar-refractivity contribution in [3.8, 4) is 11.4 Å².